The molecule has 2 aromatic carbocycles. The van der Waals surface area contributed by atoms with E-state index in [4.69, 9.17) is 25.1 Å². The van der Waals surface area contributed by atoms with Gasteiger partial charge in [0.25, 0.3) is 0 Å². The molecule has 3 N–H and O–H groups in total. The maximum absolute atomic E-state index is 15.3. The first-order chi connectivity index (χ1) is 19.0. The Balaban J connectivity index is 1.65. The lowest BCUT2D eigenvalue weighted by Gasteiger charge is -2.30. The molecule has 2 aromatic rings. The van der Waals surface area contributed by atoms with Crippen molar-refractivity contribution in [3.05, 3.63) is 46.3 Å². The Kier molecular flexibility index (Phi) is 8.90. The van der Waals surface area contributed by atoms with E-state index in [0.717, 1.165) is 37.2 Å². The number of halogens is 1. The Morgan fingerprint density at radius 2 is 1.80 bits per heavy atom. The zero-order valence-electron chi connectivity index (χ0n) is 24.0. The van der Waals surface area contributed by atoms with E-state index >= 15 is 4.39 Å². The second kappa shape index (κ2) is 12.0. The van der Waals surface area contributed by atoms with Crippen molar-refractivity contribution in [2.45, 2.75) is 64.6 Å². The third-order valence-electron chi connectivity index (χ3n) is 7.57. The zero-order valence-corrected chi connectivity index (χ0v) is 24.0. The molecule has 1 unspecified atom stereocenters. The maximum Gasteiger partial charge on any atom is 0.303 e. The fourth-order valence-electron chi connectivity index (χ4n) is 5.47. The minimum atomic E-state index is -0.862. The molecular formula is C30H40FN3O6. The highest BCUT2D eigenvalue weighted by molar-refractivity contribution is 5.99. The van der Waals surface area contributed by atoms with Crippen LogP contribution >= 0.6 is 0 Å². The summed E-state index contributed by atoms with van der Waals surface area (Å²) in [4.78, 5) is 28.7. The van der Waals surface area contributed by atoms with Crippen LogP contribution < -0.4 is 24.8 Å². The van der Waals surface area contributed by atoms with E-state index in [2.05, 4.69) is 25.7 Å². The summed E-state index contributed by atoms with van der Waals surface area (Å²) in [5, 5.41) is 9.03. The first kappa shape index (κ1) is 29.6. The summed E-state index contributed by atoms with van der Waals surface area (Å²) in [6.07, 6.45) is 1.69. The second-order valence-corrected chi connectivity index (χ2v) is 11.4. The Labute approximate surface area is 235 Å². The summed E-state index contributed by atoms with van der Waals surface area (Å²) in [5.41, 5.74) is 9.32. The van der Waals surface area contributed by atoms with Crippen molar-refractivity contribution in [2.75, 3.05) is 45.4 Å². The van der Waals surface area contributed by atoms with E-state index in [1.165, 1.54) is 14.2 Å². The average Bonchev–Trinajstić information content (AvgIpc) is 3.54. The lowest BCUT2D eigenvalue weighted by atomic mass is 9.84. The molecule has 9 nitrogen and oxygen atoms in total. The molecule has 218 valence electrons. The van der Waals surface area contributed by atoms with Gasteiger partial charge in [0, 0.05) is 42.7 Å². The highest BCUT2D eigenvalue weighted by Gasteiger charge is 2.35. The van der Waals surface area contributed by atoms with E-state index in [1.807, 2.05) is 12.1 Å². The molecule has 2 aliphatic rings. The number of hydrogen-bond acceptors (Lipinski definition) is 8. The first-order valence-electron chi connectivity index (χ1n) is 13.7. The lowest BCUT2D eigenvalue weighted by Crippen LogP contribution is -2.33. The van der Waals surface area contributed by atoms with Gasteiger partial charge in [0.1, 0.15) is 5.75 Å². The SMILES string of the molecule is COc1cc2c(c(F)c1OC)C(N)N(CC(=O)c1cc(N3CCCC3)c(OCCCC(=O)O)c(C(C)(C)C)c1)C2. The van der Waals surface area contributed by atoms with Gasteiger partial charge in [-0.05, 0) is 48.4 Å². The van der Waals surface area contributed by atoms with Gasteiger partial charge in [0.2, 0.25) is 0 Å². The minimum absolute atomic E-state index is 0.00174. The number of nitrogens with zero attached hydrogens (tertiary/aromatic N) is 2. The molecule has 1 saturated heterocycles. The molecule has 2 heterocycles. The van der Waals surface area contributed by atoms with Gasteiger partial charge in [-0.25, -0.2) is 4.39 Å². The minimum Gasteiger partial charge on any atom is -0.493 e. The van der Waals surface area contributed by atoms with Crippen molar-refractivity contribution in [1.29, 1.82) is 0 Å². The second-order valence-electron chi connectivity index (χ2n) is 11.4. The highest BCUT2D eigenvalue weighted by Crippen LogP contribution is 2.43. The average molecular weight is 558 g/mol. The van der Waals surface area contributed by atoms with Crippen LogP contribution in [-0.2, 0) is 16.8 Å². The maximum atomic E-state index is 15.3. The smallest absolute Gasteiger partial charge is 0.303 e. The van der Waals surface area contributed by atoms with Crippen LogP contribution in [0.25, 0.3) is 0 Å². The molecule has 1 fully saturated rings. The number of hydrogen-bond donors (Lipinski definition) is 2. The number of fused-ring (bicyclic) bond motifs is 1. The third kappa shape index (κ3) is 6.02. The summed E-state index contributed by atoms with van der Waals surface area (Å²) < 4.78 is 32.0. The fourth-order valence-corrected chi connectivity index (χ4v) is 5.47. The van der Waals surface area contributed by atoms with Crippen LogP contribution in [0.15, 0.2) is 18.2 Å². The molecule has 40 heavy (non-hydrogen) atoms. The number of aliphatic carboxylic acids is 1. The molecule has 0 spiro atoms. The monoisotopic (exact) mass is 557 g/mol. The van der Waals surface area contributed by atoms with Crippen molar-refractivity contribution >= 4 is 17.4 Å². The normalized spacial score (nSPS) is 17.2. The summed E-state index contributed by atoms with van der Waals surface area (Å²) in [6, 6.07) is 5.45. The molecule has 2 aliphatic heterocycles. The molecule has 0 radical (unpaired) electrons. The number of benzene rings is 2. The number of ether oxygens (including phenoxy) is 3. The van der Waals surface area contributed by atoms with Crippen LogP contribution in [0, 0.1) is 5.82 Å². The van der Waals surface area contributed by atoms with Gasteiger partial charge < -0.3 is 30.0 Å². The predicted molar refractivity (Wildman–Crippen MR) is 150 cm³/mol. The molecule has 1 atom stereocenters. The Hall–Kier alpha value is -3.37. The molecule has 0 bridgehead atoms. The number of methoxy groups -OCH3 is 2. The summed E-state index contributed by atoms with van der Waals surface area (Å²) in [5.74, 6) is -0.597. The number of carbonyl (C=O) groups excluding carboxylic acids is 1. The number of carbonyl (C=O) groups is 2. The van der Waals surface area contributed by atoms with Crippen LogP contribution in [0.4, 0.5) is 10.1 Å². The number of carboxylic acid groups (broad SMARTS) is 1. The van der Waals surface area contributed by atoms with Gasteiger partial charge >= 0.3 is 5.97 Å². The number of anilines is 1. The van der Waals surface area contributed by atoms with Gasteiger partial charge in [-0.2, -0.15) is 0 Å². The predicted octanol–water partition coefficient (Wildman–Crippen LogP) is 4.64. The van der Waals surface area contributed by atoms with E-state index in [0.29, 0.717) is 35.4 Å². The topological polar surface area (TPSA) is 115 Å². The van der Waals surface area contributed by atoms with Crippen molar-refractivity contribution in [2.24, 2.45) is 5.73 Å². The van der Waals surface area contributed by atoms with Crippen LogP contribution in [0.3, 0.4) is 0 Å². The standard InChI is InChI=1S/C30H40FN3O6/c1-30(2,3)20-13-18(14-21(33-10-6-7-11-33)27(20)40-12-8-9-24(36)37)22(35)17-34-16-19-15-23(38-4)28(39-5)26(31)25(19)29(34)32/h13-15,29H,6-12,16-17,32H2,1-5H3,(H,36,37). The van der Waals surface area contributed by atoms with Crippen molar-refractivity contribution in [1.82, 2.24) is 4.90 Å². The first-order valence-corrected chi connectivity index (χ1v) is 13.7. The van der Waals surface area contributed by atoms with Gasteiger partial charge in [-0.3, -0.25) is 14.5 Å². The van der Waals surface area contributed by atoms with Crippen LogP contribution in [0.2, 0.25) is 0 Å². The third-order valence-corrected chi connectivity index (χ3v) is 7.57. The van der Waals surface area contributed by atoms with Crippen LogP contribution in [0.1, 0.15) is 79.7 Å². The molecule has 0 saturated carbocycles. The lowest BCUT2D eigenvalue weighted by molar-refractivity contribution is -0.137. The number of Topliss-reactive ketones (excluding diaryl/α,β-unsaturated/α-hetero) is 1. The van der Waals surface area contributed by atoms with E-state index in [-0.39, 0.29) is 42.3 Å². The largest absolute Gasteiger partial charge is 0.493 e. The molecule has 0 aliphatic carbocycles. The number of rotatable bonds is 11. The highest BCUT2D eigenvalue weighted by atomic mass is 19.1. The molecule has 0 amide bonds. The molecular weight excluding hydrogens is 517 g/mol. The van der Waals surface area contributed by atoms with Crippen LogP contribution in [-0.4, -0.2) is 62.2 Å². The van der Waals surface area contributed by atoms with Crippen molar-refractivity contribution in [3.8, 4) is 17.2 Å². The fraction of sp³-hybridized carbons (Fsp3) is 0.533. The van der Waals surface area contributed by atoms with Gasteiger partial charge in [0.15, 0.2) is 23.1 Å². The molecule has 4 rings (SSSR count). The van der Waals surface area contributed by atoms with E-state index in [9.17, 15) is 9.59 Å². The van der Waals surface area contributed by atoms with E-state index in [1.54, 1.807) is 11.0 Å². The van der Waals surface area contributed by atoms with Crippen LogP contribution in [0.5, 0.6) is 17.2 Å². The molecule has 10 heteroatoms. The molecule has 0 aromatic heterocycles. The summed E-state index contributed by atoms with van der Waals surface area (Å²) >= 11 is 0. The van der Waals surface area contributed by atoms with Gasteiger partial charge in [0.05, 0.1) is 39.2 Å². The van der Waals surface area contributed by atoms with E-state index < -0.39 is 18.0 Å². The summed E-state index contributed by atoms with van der Waals surface area (Å²) in [6.45, 7) is 8.45. The summed E-state index contributed by atoms with van der Waals surface area (Å²) in [7, 11) is 2.82. The van der Waals surface area contributed by atoms with Gasteiger partial charge in [-0.15, -0.1) is 0 Å². The van der Waals surface area contributed by atoms with Crippen molar-refractivity contribution in [3.63, 3.8) is 0 Å². The number of carboxylic acids is 1. The number of ketones is 1. The van der Waals surface area contributed by atoms with Gasteiger partial charge in [-0.1, -0.05) is 20.8 Å². The zero-order chi connectivity index (χ0) is 29.2. The van der Waals surface area contributed by atoms with Crippen molar-refractivity contribution < 1.29 is 33.3 Å². The quantitative estimate of drug-likeness (QED) is 0.301. The Bertz CT molecular complexity index is 1270. The Morgan fingerprint density at radius 3 is 2.40 bits per heavy atom. The number of nitrogens with two attached hydrogens (primary N) is 1. The Morgan fingerprint density at radius 1 is 1.10 bits per heavy atom.